The first-order valence-corrected chi connectivity index (χ1v) is 8.24. The van der Waals surface area contributed by atoms with Crippen LogP contribution >= 0.6 is 0 Å². The molecule has 118 valence electrons. The molecule has 2 N–H and O–H groups in total. The minimum Gasteiger partial charge on any atom is -0.481 e. The third kappa shape index (κ3) is 5.45. The van der Waals surface area contributed by atoms with E-state index < -0.39 is 16.2 Å². The molecule has 0 heterocycles. The van der Waals surface area contributed by atoms with E-state index in [1.807, 2.05) is 24.3 Å². The quantitative estimate of drug-likeness (QED) is 0.762. The van der Waals surface area contributed by atoms with Crippen LogP contribution in [0.3, 0.4) is 0 Å². The Bertz CT molecular complexity index is 569. The van der Waals surface area contributed by atoms with Gasteiger partial charge in [0, 0.05) is 19.6 Å². The van der Waals surface area contributed by atoms with Gasteiger partial charge in [-0.15, -0.1) is 0 Å². The number of carboxylic acid groups (broad SMARTS) is 1. The van der Waals surface area contributed by atoms with Crippen molar-refractivity contribution in [3.8, 4) is 0 Å². The van der Waals surface area contributed by atoms with Crippen LogP contribution in [0.4, 0.5) is 0 Å². The first-order chi connectivity index (χ1) is 9.76. The zero-order valence-electron chi connectivity index (χ0n) is 12.5. The van der Waals surface area contributed by atoms with E-state index in [1.165, 1.54) is 12.6 Å². The summed E-state index contributed by atoms with van der Waals surface area (Å²) in [6, 6.07) is 7.34. The van der Waals surface area contributed by atoms with Gasteiger partial charge in [0.1, 0.15) is 0 Å². The number of carboxylic acids is 1. The van der Waals surface area contributed by atoms with Crippen molar-refractivity contribution in [1.82, 2.24) is 9.03 Å². The fourth-order valence-corrected chi connectivity index (χ4v) is 2.89. The number of hydrogen-bond acceptors (Lipinski definition) is 3. The Kier molecular flexibility index (Phi) is 6.32. The van der Waals surface area contributed by atoms with Gasteiger partial charge < -0.3 is 5.11 Å². The predicted molar refractivity (Wildman–Crippen MR) is 81.2 cm³/mol. The van der Waals surface area contributed by atoms with Crippen LogP contribution in [-0.4, -0.2) is 37.4 Å². The Hall–Kier alpha value is -1.44. The normalized spacial score (nSPS) is 13.3. The number of carbonyl (C=O) groups is 1. The van der Waals surface area contributed by atoms with Crippen molar-refractivity contribution in [2.24, 2.45) is 0 Å². The number of nitrogens with zero attached hydrogens (tertiary/aromatic N) is 1. The Morgan fingerprint density at radius 2 is 1.90 bits per heavy atom. The van der Waals surface area contributed by atoms with Gasteiger partial charge in [0.2, 0.25) is 0 Å². The summed E-state index contributed by atoms with van der Waals surface area (Å²) in [5.74, 6) is -1.03. The Morgan fingerprint density at radius 3 is 2.38 bits per heavy atom. The molecular weight excluding hydrogens is 292 g/mol. The van der Waals surface area contributed by atoms with E-state index in [9.17, 15) is 13.2 Å². The molecule has 1 rings (SSSR count). The topological polar surface area (TPSA) is 86.7 Å². The van der Waals surface area contributed by atoms with E-state index in [1.54, 1.807) is 6.92 Å². The molecule has 0 spiro atoms. The Morgan fingerprint density at radius 1 is 1.33 bits per heavy atom. The van der Waals surface area contributed by atoms with E-state index >= 15 is 0 Å². The Balaban J connectivity index is 2.70. The maximum atomic E-state index is 12.1. The summed E-state index contributed by atoms with van der Waals surface area (Å²) in [7, 11) is -2.34. The van der Waals surface area contributed by atoms with Crippen molar-refractivity contribution in [2.75, 3.05) is 13.6 Å². The summed E-state index contributed by atoms with van der Waals surface area (Å²) < 4.78 is 27.7. The van der Waals surface area contributed by atoms with Gasteiger partial charge in [-0.1, -0.05) is 31.2 Å². The summed E-state index contributed by atoms with van der Waals surface area (Å²) in [6.07, 6.45) is 0.704. The van der Waals surface area contributed by atoms with Gasteiger partial charge >= 0.3 is 5.97 Å². The SMILES string of the molecule is CCc1ccc(C(C)NS(=O)(=O)N(C)CCC(=O)O)cc1. The largest absolute Gasteiger partial charge is 0.481 e. The van der Waals surface area contributed by atoms with E-state index in [0.29, 0.717) is 0 Å². The van der Waals surface area contributed by atoms with Crippen molar-refractivity contribution < 1.29 is 18.3 Å². The molecule has 6 nitrogen and oxygen atoms in total. The van der Waals surface area contributed by atoms with E-state index in [2.05, 4.69) is 11.6 Å². The third-order valence-corrected chi connectivity index (χ3v) is 4.92. The molecule has 7 heteroatoms. The van der Waals surface area contributed by atoms with Crippen LogP contribution in [0.15, 0.2) is 24.3 Å². The molecule has 0 aliphatic rings. The highest BCUT2D eigenvalue weighted by atomic mass is 32.2. The van der Waals surface area contributed by atoms with Crippen LogP contribution in [0.25, 0.3) is 0 Å². The van der Waals surface area contributed by atoms with Gasteiger partial charge in [-0.3, -0.25) is 4.79 Å². The number of nitrogens with one attached hydrogen (secondary N) is 1. The molecule has 21 heavy (non-hydrogen) atoms. The highest BCUT2D eigenvalue weighted by molar-refractivity contribution is 7.87. The molecule has 0 amide bonds. The van der Waals surface area contributed by atoms with Crippen LogP contribution < -0.4 is 4.72 Å². The standard InChI is InChI=1S/C14H22N2O4S/c1-4-12-5-7-13(8-6-12)11(2)15-21(19,20)16(3)10-9-14(17)18/h5-8,11,15H,4,9-10H2,1-3H3,(H,17,18). The molecule has 0 aliphatic carbocycles. The van der Waals surface area contributed by atoms with Crippen LogP contribution in [0.1, 0.15) is 37.4 Å². The van der Waals surface area contributed by atoms with E-state index in [-0.39, 0.29) is 19.0 Å². The molecule has 0 bridgehead atoms. The van der Waals surface area contributed by atoms with Gasteiger partial charge in [0.15, 0.2) is 0 Å². The summed E-state index contributed by atoms with van der Waals surface area (Å²) in [5, 5.41) is 8.60. The fraction of sp³-hybridized carbons (Fsp3) is 0.500. The lowest BCUT2D eigenvalue weighted by atomic mass is 10.1. The van der Waals surface area contributed by atoms with E-state index in [4.69, 9.17) is 5.11 Å². The lowest BCUT2D eigenvalue weighted by molar-refractivity contribution is -0.137. The smallest absolute Gasteiger partial charge is 0.304 e. The second-order valence-electron chi connectivity index (χ2n) is 4.90. The molecule has 0 saturated carbocycles. The van der Waals surface area contributed by atoms with Crippen molar-refractivity contribution in [1.29, 1.82) is 0 Å². The second-order valence-corrected chi connectivity index (χ2v) is 6.71. The second kappa shape index (κ2) is 7.53. The third-order valence-electron chi connectivity index (χ3n) is 3.26. The highest BCUT2D eigenvalue weighted by Gasteiger charge is 2.21. The molecule has 0 radical (unpaired) electrons. The lowest BCUT2D eigenvalue weighted by Gasteiger charge is -2.21. The molecular formula is C14H22N2O4S. The maximum Gasteiger partial charge on any atom is 0.304 e. The average molecular weight is 314 g/mol. The van der Waals surface area contributed by atoms with Crippen LogP contribution in [-0.2, 0) is 21.4 Å². The highest BCUT2D eigenvalue weighted by Crippen LogP contribution is 2.15. The molecule has 1 unspecified atom stereocenters. The molecule has 0 fully saturated rings. The molecule has 0 aromatic heterocycles. The maximum absolute atomic E-state index is 12.1. The number of aliphatic carboxylic acids is 1. The minimum atomic E-state index is -3.70. The van der Waals surface area contributed by atoms with Crippen molar-refractivity contribution in [3.63, 3.8) is 0 Å². The van der Waals surface area contributed by atoms with Crippen molar-refractivity contribution >= 4 is 16.2 Å². The zero-order valence-corrected chi connectivity index (χ0v) is 13.4. The number of benzene rings is 1. The first kappa shape index (κ1) is 17.6. The van der Waals surface area contributed by atoms with Crippen LogP contribution in [0.5, 0.6) is 0 Å². The molecule has 1 atom stereocenters. The number of hydrogen-bond donors (Lipinski definition) is 2. The van der Waals surface area contributed by atoms with Crippen LogP contribution in [0, 0.1) is 0 Å². The monoisotopic (exact) mass is 314 g/mol. The number of rotatable bonds is 8. The first-order valence-electron chi connectivity index (χ1n) is 6.80. The Labute approximate surface area is 126 Å². The molecule has 0 saturated heterocycles. The van der Waals surface area contributed by atoms with Crippen LogP contribution in [0.2, 0.25) is 0 Å². The van der Waals surface area contributed by atoms with Gasteiger partial charge in [-0.25, -0.2) is 0 Å². The van der Waals surface area contributed by atoms with E-state index in [0.717, 1.165) is 16.3 Å². The summed E-state index contributed by atoms with van der Waals surface area (Å²) in [4.78, 5) is 10.5. The predicted octanol–water partition coefficient (Wildman–Crippen LogP) is 1.55. The average Bonchev–Trinajstić information content (AvgIpc) is 2.44. The minimum absolute atomic E-state index is 0.0633. The van der Waals surface area contributed by atoms with Gasteiger partial charge in [-0.05, 0) is 24.5 Å². The lowest BCUT2D eigenvalue weighted by Crippen LogP contribution is -2.40. The molecule has 1 aromatic rings. The summed E-state index contributed by atoms with van der Waals surface area (Å²) in [5.41, 5.74) is 2.05. The van der Waals surface area contributed by atoms with Gasteiger partial charge in [0.25, 0.3) is 10.2 Å². The number of aryl methyl sites for hydroxylation is 1. The van der Waals surface area contributed by atoms with Gasteiger partial charge in [-0.2, -0.15) is 17.4 Å². The van der Waals surface area contributed by atoms with Crippen molar-refractivity contribution in [2.45, 2.75) is 32.7 Å². The summed E-state index contributed by atoms with van der Waals surface area (Å²) in [6.45, 7) is 3.74. The van der Waals surface area contributed by atoms with Gasteiger partial charge in [0.05, 0.1) is 6.42 Å². The fourth-order valence-electron chi connectivity index (χ4n) is 1.80. The zero-order chi connectivity index (χ0) is 16.0. The molecule has 0 aliphatic heterocycles. The molecule has 1 aromatic carbocycles. The summed E-state index contributed by atoms with van der Waals surface area (Å²) >= 11 is 0. The van der Waals surface area contributed by atoms with Crippen molar-refractivity contribution in [3.05, 3.63) is 35.4 Å².